The minimum atomic E-state index is 0.0563. The number of hydrogen-bond donors (Lipinski definition) is 0. The summed E-state index contributed by atoms with van der Waals surface area (Å²) in [6.07, 6.45) is 3.91. The molecule has 4 rings (SSSR count). The van der Waals surface area contributed by atoms with E-state index in [9.17, 15) is 4.79 Å². The average Bonchev–Trinajstić information content (AvgIpc) is 2.99. The van der Waals surface area contributed by atoms with Crippen LogP contribution in [0.5, 0.6) is 5.75 Å². The van der Waals surface area contributed by atoms with Crippen LogP contribution in [-0.4, -0.2) is 28.3 Å². The second-order valence-corrected chi connectivity index (χ2v) is 7.71. The Balaban J connectivity index is 1.63. The molecule has 0 amide bonds. The van der Waals surface area contributed by atoms with E-state index in [1.807, 2.05) is 24.3 Å². The van der Waals surface area contributed by atoms with Gasteiger partial charge in [-0.3, -0.25) is 9.69 Å². The lowest BCUT2D eigenvalue weighted by Gasteiger charge is -2.26. The summed E-state index contributed by atoms with van der Waals surface area (Å²) in [5.74, 6) is 0.794. The first-order chi connectivity index (χ1) is 13.6. The number of fused-ring (bicyclic) bond motifs is 1. The fourth-order valence-electron chi connectivity index (χ4n) is 4.18. The number of carbonyl (C=O) groups is 1. The van der Waals surface area contributed by atoms with Gasteiger partial charge in [0.15, 0.2) is 5.78 Å². The SMILES string of the molecule is CC(=O)c1cccc(OCc2c(CN3CCCCC3)c3ccccc3n2C)c1. The Morgan fingerprint density at radius 3 is 2.61 bits per heavy atom. The minimum absolute atomic E-state index is 0.0563. The van der Waals surface area contributed by atoms with E-state index in [2.05, 4.69) is 40.8 Å². The fraction of sp³-hybridized carbons (Fsp3) is 0.375. The van der Waals surface area contributed by atoms with Crippen molar-refractivity contribution >= 4 is 16.7 Å². The van der Waals surface area contributed by atoms with Gasteiger partial charge in [-0.05, 0) is 56.6 Å². The molecule has 0 unspecified atom stereocenters. The van der Waals surface area contributed by atoms with Gasteiger partial charge in [0, 0.05) is 30.1 Å². The highest BCUT2D eigenvalue weighted by molar-refractivity contribution is 5.94. The number of ketones is 1. The van der Waals surface area contributed by atoms with Gasteiger partial charge in [-0.1, -0.05) is 36.8 Å². The van der Waals surface area contributed by atoms with E-state index in [1.54, 1.807) is 6.92 Å². The quantitative estimate of drug-likeness (QED) is 0.571. The summed E-state index contributed by atoms with van der Waals surface area (Å²) in [6.45, 7) is 5.39. The lowest BCUT2D eigenvalue weighted by Crippen LogP contribution is -2.29. The average molecular weight is 376 g/mol. The first-order valence-corrected chi connectivity index (χ1v) is 10.1. The number of piperidine rings is 1. The highest BCUT2D eigenvalue weighted by Crippen LogP contribution is 2.29. The van der Waals surface area contributed by atoms with Gasteiger partial charge in [-0.2, -0.15) is 0 Å². The molecule has 2 aromatic carbocycles. The molecule has 1 aliphatic heterocycles. The number of carbonyl (C=O) groups excluding carboxylic acids is 1. The topological polar surface area (TPSA) is 34.5 Å². The number of Topliss-reactive ketones (excluding diaryl/α,β-unsaturated/α-hetero) is 1. The molecule has 3 aromatic rings. The smallest absolute Gasteiger partial charge is 0.159 e. The Morgan fingerprint density at radius 2 is 1.82 bits per heavy atom. The van der Waals surface area contributed by atoms with Crippen molar-refractivity contribution in [3.63, 3.8) is 0 Å². The molecule has 0 bridgehead atoms. The number of rotatable bonds is 6. The third-order valence-corrected chi connectivity index (χ3v) is 5.79. The Kier molecular flexibility index (Phi) is 5.49. The molecule has 4 heteroatoms. The second-order valence-electron chi connectivity index (χ2n) is 7.71. The van der Waals surface area contributed by atoms with Gasteiger partial charge in [-0.25, -0.2) is 0 Å². The van der Waals surface area contributed by atoms with Crippen LogP contribution in [-0.2, 0) is 20.2 Å². The molecule has 1 aliphatic rings. The lowest BCUT2D eigenvalue weighted by molar-refractivity contribution is 0.101. The first kappa shape index (κ1) is 18.8. The normalized spacial score (nSPS) is 15.1. The summed E-state index contributed by atoms with van der Waals surface area (Å²) >= 11 is 0. The molecule has 4 nitrogen and oxygen atoms in total. The standard InChI is InChI=1S/C24H28N2O2/c1-18(27)19-9-8-10-20(15-19)28-17-24-22(16-26-13-6-3-7-14-26)21-11-4-5-12-23(21)25(24)2/h4-5,8-12,15H,3,6-7,13-14,16-17H2,1-2H3. The van der Waals surface area contributed by atoms with Gasteiger partial charge in [0.05, 0.1) is 5.69 Å². The zero-order chi connectivity index (χ0) is 19.5. The molecule has 1 saturated heterocycles. The van der Waals surface area contributed by atoms with Crippen LogP contribution in [0.2, 0.25) is 0 Å². The Bertz CT molecular complexity index is 983. The van der Waals surface area contributed by atoms with Crippen molar-refractivity contribution in [3.8, 4) is 5.75 Å². The van der Waals surface area contributed by atoms with E-state index in [4.69, 9.17) is 4.74 Å². The van der Waals surface area contributed by atoms with Crippen LogP contribution in [0.1, 0.15) is 47.8 Å². The minimum Gasteiger partial charge on any atom is -0.487 e. The van der Waals surface area contributed by atoms with Crippen LogP contribution in [0.15, 0.2) is 48.5 Å². The molecule has 146 valence electrons. The molecule has 0 radical (unpaired) electrons. The van der Waals surface area contributed by atoms with Crippen LogP contribution in [0.25, 0.3) is 10.9 Å². The maximum atomic E-state index is 11.7. The van der Waals surface area contributed by atoms with Gasteiger partial charge in [0.25, 0.3) is 0 Å². The van der Waals surface area contributed by atoms with Crippen LogP contribution < -0.4 is 4.74 Å². The Morgan fingerprint density at radius 1 is 1.04 bits per heavy atom. The maximum absolute atomic E-state index is 11.7. The monoisotopic (exact) mass is 376 g/mol. The predicted octanol–water partition coefficient (Wildman–Crippen LogP) is 4.95. The van der Waals surface area contributed by atoms with E-state index < -0.39 is 0 Å². The highest BCUT2D eigenvalue weighted by atomic mass is 16.5. The largest absolute Gasteiger partial charge is 0.487 e. The van der Waals surface area contributed by atoms with Crippen LogP contribution in [0, 0.1) is 0 Å². The van der Waals surface area contributed by atoms with Crippen molar-refractivity contribution in [1.29, 1.82) is 0 Å². The molecule has 0 saturated carbocycles. The highest BCUT2D eigenvalue weighted by Gasteiger charge is 2.19. The number of aryl methyl sites for hydroxylation is 1. The number of hydrogen-bond acceptors (Lipinski definition) is 3. The lowest BCUT2D eigenvalue weighted by atomic mass is 10.1. The molecule has 0 spiro atoms. The van der Waals surface area contributed by atoms with Crippen molar-refractivity contribution in [2.24, 2.45) is 7.05 Å². The number of likely N-dealkylation sites (tertiary alicyclic amines) is 1. The number of para-hydroxylation sites is 1. The summed E-state index contributed by atoms with van der Waals surface area (Å²) in [4.78, 5) is 14.2. The van der Waals surface area contributed by atoms with E-state index >= 15 is 0 Å². The van der Waals surface area contributed by atoms with Gasteiger partial charge in [0.1, 0.15) is 12.4 Å². The Hall–Kier alpha value is -2.59. The fourth-order valence-corrected chi connectivity index (χ4v) is 4.18. The zero-order valence-electron chi connectivity index (χ0n) is 16.8. The van der Waals surface area contributed by atoms with Crippen molar-refractivity contribution in [1.82, 2.24) is 9.47 Å². The third kappa shape index (κ3) is 3.83. The first-order valence-electron chi connectivity index (χ1n) is 10.1. The van der Waals surface area contributed by atoms with E-state index in [1.165, 1.54) is 54.5 Å². The van der Waals surface area contributed by atoms with Crippen LogP contribution in [0.4, 0.5) is 0 Å². The molecule has 0 aliphatic carbocycles. The molecular formula is C24H28N2O2. The molecule has 1 aromatic heterocycles. The van der Waals surface area contributed by atoms with Gasteiger partial charge < -0.3 is 9.30 Å². The summed E-state index contributed by atoms with van der Waals surface area (Å²) in [7, 11) is 2.12. The molecular weight excluding hydrogens is 348 g/mol. The number of nitrogens with zero attached hydrogens (tertiary/aromatic N) is 2. The van der Waals surface area contributed by atoms with Crippen molar-refractivity contribution in [2.45, 2.75) is 39.3 Å². The summed E-state index contributed by atoms with van der Waals surface area (Å²) in [5.41, 5.74) is 4.50. The third-order valence-electron chi connectivity index (χ3n) is 5.79. The van der Waals surface area contributed by atoms with Gasteiger partial charge >= 0.3 is 0 Å². The van der Waals surface area contributed by atoms with Crippen molar-refractivity contribution < 1.29 is 9.53 Å². The summed E-state index contributed by atoms with van der Waals surface area (Å²) in [5, 5.41) is 1.31. The molecule has 2 heterocycles. The summed E-state index contributed by atoms with van der Waals surface area (Å²) < 4.78 is 8.38. The predicted molar refractivity (Wildman–Crippen MR) is 113 cm³/mol. The number of aromatic nitrogens is 1. The Labute approximate surface area is 166 Å². The number of ether oxygens (including phenoxy) is 1. The van der Waals surface area contributed by atoms with Crippen molar-refractivity contribution in [3.05, 3.63) is 65.4 Å². The van der Waals surface area contributed by atoms with Crippen LogP contribution >= 0.6 is 0 Å². The van der Waals surface area contributed by atoms with E-state index in [-0.39, 0.29) is 5.78 Å². The molecule has 28 heavy (non-hydrogen) atoms. The summed E-state index contributed by atoms with van der Waals surface area (Å²) in [6, 6.07) is 16.0. The maximum Gasteiger partial charge on any atom is 0.159 e. The van der Waals surface area contributed by atoms with Crippen molar-refractivity contribution in [2.75, 3.05) is 13.1 Å². The zero-order valence-corrected chi connectivity index (χ0v) is 16.8. The molecule has 0 N–H and O–H groups in total. The van der Waals surface area contributed by atoms with E-state index in [0.29, 0.717) is 12.2 Å². The molecule has 1 fully saturated rings. The van der Waals surface area contributed by atoms with Crippen LogP contribution in [0.3, 0.4) is 0 Å². The van der Waals surface area contributed by atoms with Gasteiger partial charge in [0.2, 0.25) is 0 Å². The van der Waals surface area contributed by atoms with E-state index in [0.717, 1.165) is 12.3 Å². The molecule has 0 atom stereocenters. The van der Waals surface area contributed by atoms with Gasteiger partial charge in [-0.15, -0.1) is 0 Å². The number of benzene rings is 2. The second kappa shape index (κ2) is 8.19.